The molecule has 0 amide bonds. The highest BCUT2D eigenvalue weighted by Gasteiger charge is 2.23. The number of aliphatic imine (C=N–C) groups is 1. The van der Waals surface area contributed by atoms with Crippen molar-refractivity contribution in [2.45, 2.75) is 19.0 Å². The van der Waals surface area contributed by atoms with Crippen LogP contribution in [-0.4, -0.2) is 41.7 Å². The predicted octanol–water partition coefficient (Wildman–Crippen LogP) is 3.79. The molecule has 0 bridgehead atoms. The van der Waals surface area contributed by atoms with Crippen molar-refractivity contribution in [1.29, 1.82) is 0 Å². The maximum absolute atomic E-state index is 6.13. The van der Waals surface area contributed by atoms with Crippen molar-refractivity contribution in [2.24, 2.45) is 12.0 Å². The number of para-hydroxylation sites is 2. The lowest BCUT2D eigenvalue weighted by atomic mass is 10.3. The Hall–Kier alpha value is -2.00. The van der Waals surface area contributed by atoms with Crippen LogP contribution >= 0.6 is 35.6 Å². The normalized spacial score (nSPS) is 16.7. The molecule has 4 rings (SSSR count). The highest BCUT2D eigenvalue weighted by Crippen LogP contribution is 2.23. The second-order valence-electron chi connectivity index (χ2n) is 7.06. The summed E-state index contributed by atoms with van der Waals surface area (Å²) in [6.45, 7) is 2.54. The number of anilines is 1. The van der Waals surface area contributed by atoms with Crippen LogP contribution in [0.3, 0.4) is 0 Å². The molecule has 2 N–H and O–H groups in total. The maximum Gasteiger partial charge on any atom is 0.191 e. The minimum atomic E-state index is 0. The van der Waals surface area contributed by atoms with Crippen LogP contribution in [0.2, 0.25) is 5.02 Å². The number of nitrogens with one attached hydrogen (secondary N) is 2. The summed E-state index contributed by atoms with van der Waals surface area (Å²) in [5.41, 5.74) is 3.31. The van der Waals surface area contributed by atoms with Gasteiger partial charge in [-0.1, -0.05) is 29.8 Å². The lowest BCUT2D eigenvalue weighted by Gasteiger charge is -2.20. The van der Waals surface area contributed by atoms with Crippen LogP contribution in [0.25, 0.3) is 11.0 Å². The monoisotopic (exact) mass is 524 g/mol. The van der Waals surface area contributed by atoms with Crippen molar-refractivity contribution < 1.29 is 0 Å². The van der Waals surface area contributed by atoms with Gasteiger partial charge in [-0.25, -0.2) is 4.98 Å². The molecule has 0 aliphatic carbocycles. The number of aryl methyl sites for hydroxylation is 1. The first-order chi connectivity index (χ1) is 13.6. The van der Waals surface area contributed by atoms with Crippen molar-refractivity contribution in [3.63, 3.8) is 0 Å². The molecule has 29 heavy (non-hydrogen) atoms. The highest BCUT2D eigenvalue weighted by atomic mass is 127. The van der Waals surface area contributed by atoms with Crippen LogP contribution < -0.4 is 15.5 Å². The third-order valence-electron chi connectivity index (χ3n) is 5.22. The van der Waals surface area contributed by atoms with Gasteiger partial charge in [0.25, 0.3) is 0 Å². The first-order valence-corrected chi connectivity index (χ1v) is 9.90. The molecule has 2 aromatic carbocycles. The number of rotatable bonds is 4. The number of hydrogen-bond acceptors (Lipinski definition) is 3. The van der Waals surface area contributed by atoms with Crippen LogP contribution in [0.15, 0.2) is 53.5 Å². The average Bonchev–Trinajstić information content (AvgIpc) is 3.30. The first-order valence-electron chi connectivity index (χ1n) is 9.52. The summed E-state index contributed by atoms with van der Waals surface area (Å²) in [6, 6.07) is 16.5. The number of hydrogen-bond donors (Lipinski definition) is 2. The zero-order valence-corrected chi connectivity index (χ0v) is 19.7. The Morgan fingerprint density at radius 2 is 2.07 bits per heavy atom. The quantitative estimate of drug-likeness (QED) is 0.310. The van der Waals surface area contributed by atoms with Gasteiger partial charge in [-0.05, 0) is 36.8 Å². The molecule has 3 aromatic rings. The van der Waals surface area contributed by atoms with Crippen LogP contribution in [0, 0.1) is 0 Å². The molecule has 1 unspecified atom stereocenters. The van der Waals surface area contributed by atoms with Crippen molar-refractivity contribution in [3.05, 3.63) is 59.4 Å². The van der Waals surface area contributed by atoms with Crippen LogP contribution in [0.4, 0.5) is 5.69 Å². The van der Waals surface area contributed by atoms with E-state index >= 15 is 0 Å². The summed E-state index contributed by atoms with van der Waals surface area (Å²) < 4.78 is 2.12. The van der Waals surface area contributed by atoms with Crippen molar-refractivity contribution >= 4 is 58.3 Å². The van der Waals surface area contributed by atoms with Crippen molar-refractivity contribution in [2.75, 3.05) is 25.0 Å². The van der Waals surface area contributed by atoms with Crippen LogP contribution in [-0.2, 0) is 13.6 Å². The van der Waals surface area contributed by atoms with E-state index in [2.05, 4.69) is 37.2 Å². The van der Waals surface area contributed by atoms with E-state index < -0.39 is 0 Å². The number of benzene rings is 2. The molecular formula is C21H26ClIN6. The van der Waals surface area contributed by atoms with Gasteiger partial charge >= 0.3 is 0 Å². The SMILES string of the molecule is CN=C(NCc1nc2ccccc2n1C)NC1CCN(c2cccc(Cl)c2)C1.I. The number of aromatic nitrogens is 2. The summed E-state index contributed by atoms with van der Waals surface area (Å²) in [7, 11) is 3.84. The van der Waals surface area contributed by atoms with E-state index in [0.29, 0.717) is 12.6 Å². The first kappa shape index (κ1) is 21.7. The number of halogens is 2. The zero-order valence-electron chi connectivity index (χ0n) is 16.6. The van der Waals surface area contributed by atoms with Gasteiger partial charge in [0.2, 0.25) is 0 Å². The molecule has 1 aromatic heterocycles. The van der Waals surface area contributed by atoms with Gasteiger partial charge in [0.1, 0.15) is 5.82 Å². The summed E-state index contributed by atoms with van der Waals surface area (Å²) in [5.74, 6) is 1.78. The molecule has 0 saturated carbocycles. The van der Waals surface area contributed by atoms with E-state index in [0.717, 1.165) is 47.4 Å². The van der Waals surface area contributed by atoms with E-state index in [-0.39, 0.29) is 24.0 Å². The number of guanidine groups is 1. The van der Waals surface area contributed by atoms with Crippen molar-refractivity contribution in [3.8, 4) is 0 Å². The van der Waals surface area contributed by atoms with Gasteiger partial charge in [0.05, 0.1) is 17.6 Å². The van der Waals surface area contributed by atoms with E-state index in [9.17, 15) is 0 Å². The molecule has 6 nitrogen and oxygen atoms in total. The third kappa shape index (κ3) is 4.95. The fourth-order valence-electron chi connectivity index (χ4n) is 3.69. The average molecular weight is 525 g/mol. The summed E-state index contributed by atoms with van der Waals surface area (Å²) in [6.07, 6.45) is 1.06. The number of nitrogens with zero attached hydrogens (tertiary/aromatic N) is 4. The lowest BCUT2D eigenvalue weighted by molar-refractivity contribution is 0.642. The van der Waals surface area contributed by atoms with Gasteiger partial charge in [-0.3, -0.25) is 4.99 Å². The summed E-state index contributed by atoms with van der Waals surface area (Å²) >= 11 is 6.13. The molecule has 0 spiro atoms. The topological polar surface area (TPSA) is 57.5 Å². The Morgan fingerprint density at radius 3 is 2.83 bits per heavy atom. The van der Waals surface area contributed by atoms with Crippen LogP contribution in [0.1, 0.15) is 12.2 Å². The number of fused-ring (bicyclic) bond motifs is 1. The highest BCUT2D eigenvalue weighted by molar-refractivity contribution is 14.0. The second-order valence-corrected chi connectivity index (χ2v) is 7.49. The molecule has 1 aliphatic rings. The largest absolute Gasteiger partial charge is 0.369 e. The molecule has 154 valence electrons. The fourth-order valence-corrected chi connectivity index (χ4v) is 3.87. The van der Waals surface area contributed by atoms with E-state index in [1.165, 1.54) is 5.69 Å². The molecule has 1 saturated heterocycles. The zero-order chi connectivity index (χ0) is 19.5. The Bertz CT molecular complexity index is 1000. The predicted molar refractivity (Wildman–Crippen MR) is 132 cm³/mol. The molecular weight excluding hydrogens is 499 g/mol. The van der Waals surface area contributed by atoms with Gasteiger partial charge in [0.15, 0.2) is 5.96 Å². The summed E-state index contributed by atoms with van der Waals surface area (Å²) in [5, 5.41) is 7.70. The molecule has 8 heteroatoms. The minimum Gasteiger partial charge on any atom is -0.369 e. The van der Waals surface area contributed by atoms with Gasteiger partial charge in [0, 0.05) is 43.9 Å². The smallest absolute Gasteiger partial charge is 0.191 e. The maximum atomic E-state index is 6.13. The Morgan fingerprint density at radius 1 is 1.24 bits per heavy atom. The van der Waals surface area contributed by atoms with Crippen LogP contribution in [0.5, 0.6) is 0 Å². The molecule has 2 heterocycles. The van der Waals surface area contributed by atoms with Gasteiger partial charge in [-0.15, -0.1) is 24.0 Å². The van der Waals surface area contributed by atoms with E-state index in [4.69, 9.17) is 16.6 Å². The number of imidazole rings is 1. The lowest BCUT2D eigenvalue weighted by Crippen LogP contribution is -2.44. The Labute approximate surface area is 193 Å². The molecule has 1 atom stereocenters. The Balaban J connectivity index is 0.00000240. The minimum absolute atomic E-state index is 0. The molecule has 0 radical (unpaired) electrons. The fraction of sp³-hybridized carbons (Fsp3) is 0.333. The summed E-state index contributed by atoms with van der Waals surface area (Å²) in [4.78, 5) is 11.4. The third-order valence-corrected chi connectivity index (χ3v) is 5.45. The molecule has 1 aliphatic heterocycles. The molecule has 1 fully saturated rings. The van der Waals surface area contributed by atoms with E-state index in [1.807, 2.05) is 43.4 Å². The van der Waals surface area contributed by atoms with Crippen molar-refractivity contribution in [1.82, 2.24) is 20.2 Å². The van der Waals surface area contributed by atoms with Gasteiger partial charge in [-0.2, -0.15) is 0 Å². The standard InChI is InChI=1S/C21H25ClN6.HI/c1-23-21(24-13-20-26-18-8-3-4-9-19(18)27(20)2)25-16-10-11-28(14-16)17-7-5-6-15(22)12-17;/h3-9,12,16H,10-11,13-14H2,1-2H3,(H2,23,24,25);1H. The second kappa shape index (κ2) is 9.67. The van der Waals surface area contributed by atoms with Gasteiger partial charge < -0.3 is 20.1 Å². The Kier molecular flexibility index (Phi) is 7.23. The van der Waals surface area contributed by atoms with E-state index in [1.54, 1.807) is 7.05 Å².